The summed E-state index contributed by atoms with van der Waals surface area (Å²) in [4.78, 5) is 9.84. The third-order valence-electron chi connectivity index (χ3n) is 14.3. The maximum Gasteiger partial charge on any atom is 0.137 e. The monoisotopic (exact) mass is 919 g/mol. The van der Waals surface area contributed by atoms with Crippen molar-refractivity contribution in [1.29, 1.82) is 0 Å². The predicted octanol–water partition coefficient (Wildman–Crippen LogP) is 17.1. The highest BCUT2D eigenvalue weighted by Crippen LogP contribution is 2.44. The molecule has 10 rings (SSSR count). The molecule has 0 saturated heterocycles. The second-order valence-corrected chi connectivity index (χ2v) is 22.8. The van der Waals surface area contributed by atoms with Gasteiger partial charge in [0.15, 0.2) is 0 Å². The molecular weight excluding hydrogens is 853 g/mol. The van der Waals surface area contributed by atoms with Crippen molar-refractivity contribution in [2.24, 2.45) is 0 Å². The van der Waals surface area contributed by atoms with E-state index in [1.54, 1.807) is 0 Å². The van der Waals surface area contributed by atoms with E-state index in [0.717, 1.165) is 61.8 Å². The zero-order valence-corrected chi connectivity index (χ0v) is 42.8. The Morgan fingerprint density at radius 1 is 0.429 bits per heavy atom. The number of hydrogen-bond acceptors (Lipinski definition) is 4. The molecule has 0 fully saturated rings. The van der Waals surface area contributed by atoms with E-state index in [-0.39, 0.29) is 21.7 Å². The van der Waals surface area contributed by atoms with Gasteiger partial charge in [-0.1, -0.05) is 179 Å². The number of rotatable bonds is 9. The Labute approximate surface area is 415 Å². The standard InChI is InChI=1S/C65H66N4O/c1-62(2,3)48-27-30-58-57(38-48)56-29-28-54(41-59(56)69(58)61-39-49(31-32-66-61)63(4,5)6)70-55-34-46(44-21-15-12-16-22-44)33-53(40-55)68-43-67(42-60(68)45-23-17-13-18-24-45)52-36-50(64(7,8)9)35-51(37-52)65(10,11)47-25-19-14-20-26-47/h12-42H,43H2,1-11H3. The van der Waals surface area contributed by atoms with Crippen molar-refractivity contribution in [2.75, 3.05) is 16.5 Å². The summed E-state index contributed by atoms with van der Waals surface area (Å²) in [5.41, 5.74) is 15.0. The fourth-order valence-corrected chi connectivity index (χ4v) is 9.81. The van der Waals surface area contributed by atoms with Crippen LogP contribution in [0.1, 0.15) is 110 Å². The lowest BCUT2D eigenvalue weighted by atomic mass is 9.75. The van der Waals surface area contributed by atoms with Gasteiger partial charge in [-0.2, -0.15) is 0 Å². The van der Waals surface area contributed by atoms with E-state index in [9.17, 15) is 0 Å². The SMILES string of the molecule is CC(C)(C)c1cc(N2C=C(c3ccccc3)N(c3cc(Oc4ccc5c6cc(C(C)(C)C)ccc6n(-c6cc(C(C)(C)C)ccn6)c5c4)cc(-c4ccccc4)c3)C2)cc(C(C)(C)c2ccccc2)c1. The molecule has 0 spiro atoms. The van der Waals surface area contributed by atoms with Crippen LogP contribution in [0.2, 0.25) is 0 Å². The van der Waals surface area contributed by atoms with E-state index in [1.165, 1.54) is 38.9 Å². The zero-order chi connectivity index (χ0) is 49.2. The molecule has 5 nitrogen and oxygen atoms in total. The average Bonchev–Trinajstić information content (AvgIpc) is 3.94. The number of anilines is 2. The van der Waals surface area contributed by atoms with Crippen LogP contribution in [0.5, 0.6) is 11.5 Å². The highest BCUT2D eigenvalue weighted by atomic mass is 16.5. The van der Waals surface area contributed by atoms with Crippen LogP contribution in [0, 0.1) is 0 Å². The largest absolute Gasteiger partial charge is 0.457 e. The molecule has 7 aromatic carbocycles. The topological polar surface area (TPSA) is 33.5 Å². The smallest absolute Gasteiger partial charge is 0.137 e. The zero-order valence-electron chi connectivity index (χ0n) is 42.8. The molecule has 1 aliphatic rings. The van der Waals surface area contributed by atoms with Crippen LogP contribution in [0.3, 0.4) is 0 Å². The third-order valence-corrected chi connectivity index (χ3v) is 14.3. The first-order valence-electron chi connectivity index (χ1n) is 24.8. The van der Waals surface area contributed by atoms with E-state index < -0.39 is 0 Å². The fourth-order valence-electron chi connectivity index (χ4n) is 9.81. The van der Waals surface area contributed by atoms with Gasteiger partial charge in [-0.15, -0.1) is 0 Å². The van der Waals surface area contributed by atoms with Crippen LogP contribution < -0.4 is 14.5 Å². The van der Waals surface area contributed by atoms with Crippen molar-refractivity contribution in [3.8, 4) is 28.4 Å². The lowest BCUT2D eigenvalue weighted by Crippen LogP contribution is -2.27. The molecular formula is C65H66N4O. The highest BCUT2D eigenvalue weighted by Gasteiger charge is 2.31. The number of nitrogens with zero attached hydrogens (tertiary/aromatic N) is 4. The summed E-state index contributed by atoms with van der Waals surface area (Å²) in [5.74, 6) is 2.41. The van der Waals surface area contributed by atoms with Gasteiger partial charge in [0.2, 0.25) is 0 Å². The second-order valence-electron chi connectivity index (χ2n) is 22.8. The van der Waals surface area contributed by atoms with Gasteiger partial charge in [-0.05, 0) is 121 Å². The minimum Gasteiger partial charge on any atom is -0.457 e. The Hall–Kier alpha value is -7.37. The van der Waals surface area contributed by atoms with Crippen molar-refractivity contribution in [3.63, 3.8) is 0 Å². The fraction of sp³-hybridized carbons (Fsp3) is 0.246. The first-order chi connectivity index (χ1) is 33.3. The molecule has 0 bridgehead atoms. The van der Waals surface area contributed by atoms with Crippen LogP contribution in [0.4, 0.5) is 11.4 Å². The molecule has 0 unspecified atom stereocenters. The van der Waals surface area contributed by atoms with E-state index in [1.807, 2.05) is 6.20 Å². The number of benzene rings is 7. The predicted molar refractivity (Wildman–Crippen MR) is 296 cm³/mol. The van der Waals surface area contributed by atoms with Gasteiger partial charge < -0.3 is 14.5 Å². The Morgan fingerprint density at radius 2 is 1.06 bits per heavy atom. The number of aromatic nitrogens is 2. The molecule has 0 N–H and O–H groups in total. The summed E-state index contributed by atoms with van der Waals surface area (Å²) in [5, 5.41) is 2.36. The van der Waals surface area contributed by atoms with Gasteiger partial charge in [0, 0.05) is 52.1 Å². The maximum atomic E-state index is 7.10. The number of hydrogen-bond donors (Lipinski definition) is 0. The summed E-state index contributed by atoms with van der Waals surface area (Å²) in [7, 11) is 0. The Morgan fingerprint density at radius 3 is 1.73 bits per heavy atom. The molecule has 1 aliphatic heterocycles. The molecule has 2 aromatic heterocycles. The molecule has 0 saturated carbocycles. The molecule has 3 heterocycles. The first kappa shape index (κ1) is 46.4. The molecule has 0 atom stereocenters. The van der Waals surface area contributed by atoms with Crippen molar-refractivity contribution in [1.82, 2.24) is 9.55 Å². The minimum atomic E-state index is -0.210. The van der Waals surface area contributed by atoms with Gasteiger partial charge in [-0.3, -0.25) is 4.57 Å². The van der Waals surface area contributed by atoms with Gasteiger partial charge >= 0.3 is 0 Å². The Balaban J connectivity index is 1.10. The number of pyridine rings is 1. The first-order valence-corrected chi connectivity index (χ1v) is 24.8. The van der Waals surface area contributed by atoms with Gasteiger partial charge in [0.25, 0.3) is 0 Å². The normalized spacial score (nSPS) is 13.6. The summed E-state index contributed by atoms with van der Waals surface area (Å²) >= 11 is 0. The van der Waals surface area contributed by atoms with Crippen LogP contribution >= 0.6 is 0 Å². The second kappa shape index (κ2) is 17.5. The van der Waals surface area contributed by atoms with Gasteiger partial charge in [0.05, 0.1) is 23.4 Å². The maximum absolute atomic E-state index is 7.10. The summed E-state index contributed by atoms with van der Waals surface area (Å²) in [6.07, 6.45) is 4.27. The van der Waals surface area contributed by atoms with Crippen molar-refractivity contribution >= 4 is 38.9 Å². The summed E-state index contributed by atoms with van der Waals surface area (Å²) < 4.78 is 9.41. The molecule has 0 radical (unpaired) electrons. The van der Waals surface area contributed by atoms with E-state index in [4.69, 9.17) is 9.72 Å². The van der Waals surface area contributed by atoms with Crippen LogP contribution in [0.25, 0.3) is 44.4 Å². The van der Waals surface area contributed by atoms with Crippen molar-refractivity contribution in [2.45, 2.75) is 97.8 Å². The van der Waals surface area contributed by atoms with Crippen LogP contribution in [-0.2, 0) is 21.7 Å². The van der Waals surface area contributed by atoms with E-state index in [2.05, 4.69) is 273 Å². The molecule has 0 aliphatic carbocycles. The lowest BCUT2D eigenvalue weighted by Gasteiger charge is -2.31. The molecule has 70 heavy (non-hydrogen) atoms. The summed E-state index contributed by atoms with van der Waals surface area (Å²) in [6.45, 7) is 25.8. The van der Waals surface area contributed by atoms with Gasteiger partial charge in [-0.25, -0.2) is 4.98 Å². The third kappa shape index (κ3) is 9.02. The molecule has 5 heteroatoms. The quantitative estimate of drug-likeness (QED) is 0.144. The van der Waals surface area contributed by atoms with E-state index in [0.29, 0.717) is 6.67 Å². The van der Waals surface area contributed by atoms with Gasteiger partial charge in [0.1, 0.15) is 17.3 Å². The average molecular weight is 919 g/mol. The Bertz CT molecular complexity index is 3400. The Kier molecular flexibility index (Phi) is 11.6. The number of fused-ring (bicyclic) bond motifs is 3. The van der Waals surface area contributed by atoms with E-state index >= 15 is 0 Å². The van der Waals surface area contributed by atoms with Crippen molar-refractivity contribution < 1.29 is 4.74 Å². The van der Waals surface area contributed by atoms with Crippen molar-refractivity contribution in [3.05, 3.63) is 222 Å². The molecule has 9 aromatic rings. The van der Waals surface area contributed by atoms with Crippen LogP contribution in [0.15, 0.2) is 188 Å². The summed E-state index contributed by atoms with van der Waals surface area (Å²) in [6, 6.07) is 63.9. The number of ether oxygens (including phenoxy) is 1. The molecule has 0 amide bonds. The van der Waals surface area contributed by atoms with Crippen LogP contribution in [-0.4, -0.2) is 16.2 Å². The minimum absolute atomic E-state index is 0.00182. The molecule has 352 valence electrons. The highest BCUT2D eigenvalue weighted by molar-refractivity contribution is 6.10. The lowest BCUT2D eigenvalue weighted by molar-refractivity contribution is 0.483.